The molecule has 1 heterocycles. The van der Waals surface area contributed by atoms with Gasteiger partial charge in [0.15, 0.2) is 0 Å². The van der Waals surface area contributed by atoms with Crippen LogP contribution in [0.15, 0.2) is 24.3 Å². The van der Waals surface area contributed by atoms with Gasteiger partial charge in [-0.05, 0) is 44.4 Å². The van der Waals surface area contributed by atoms with E-state index in [9.17, 15) is 4.79 Å². The minimum absolute atomic E-state index is 0.185. The summed E-state index contributed by atoms with van der Waals surface area (Å²) in [7, 11) is 1.92. The lowest BCUT2D eigenvalue weighted by Crippen LogP contribution is -2.42. The summed E-state index contributed by atoms with van der Waals surface area (Å²) in [6.07, 6.45) is 1.91. The molecule has 3 heteroatoms. The van der Waals surface area contributed by atoms with E-state index in [0.717, 1.165) is 19.4 Å². The van der Waals surface area contributed by atoms with Crippen LogP contribution in [0.1, 0.15) is 30.9 Å². The van der Waals surface area contributed by atoms with Crippen LogP contribution < -0.4 is 5.32 Å². The smallest absolute Gasteiger partial charge is 0.225 e. The summed E-state index contributed by atoms with van der Waals surface area (Å²) in [5.74, 6) is 0.474. The molecule has 2 atom stereocenters. The fraction of sp³-hybridized carbons (Fsp3) is 0.562. The Morgan fingerprint density at radius 1 is 1.42 bits per heavy atom. The molecular formula is C16H24N2O. The van der Waals surface area contributed by atoms with E-state index in [2.05, 4.69) is 31.3 Å². The molecule has 19 heavy (non-hydrogen) atoms. The number of rotatable bonds is 3. The Kier molecular flexibility index (Phi) is 4.59. The van der Waals surface area contributed by atoms with Gasteiger partial charge in [0.25, 0.3) is 0 Å². The molecule has 0 aliphatic carbocycles. The normalized spacial score (nSPS) is 23.1. The van der Waals surface area contributed by atoms with Crippen LogP contribution in [0.5, 0.6) is 0 Å². The van der Waals surface area contributed by atoms with Crippen LogP contribution in [0.25, 0.3) is 0 Å². The second-order valence-corrected chi connectivity index (χ2v) is 5.70. The molecule has 1 aromatic rings. The zero-order valence-electron chi connectivity index (χ0n) is 12.1. The number of benzene rings is 1. The summed E-state index contributed by atoms with van der Waals surface area (Å²) in [4.78, 5) is 14.3. The van der Waals surface area contributed by atoms with Crippen molar-refractivity contribution in [3.8, 4) is 0 Å². The molecule has 1 fully saturated rings. The van der Waals surface area contributed by atoms with Crippen molar-refractivity contribution in [1.82, 2.24) is 10.2 Å². The zero-order chi connectivity index (χ0) is 13.8. The number of hydrogen-bond donors (Lipinski definition) is 1. The van der Waals surface area contributed by atoms with E-state index in [1.165, 1.54) is 11.1 Å². The van der Waals surface area contributed by atoms with E-state index in [1.54, 1.807) is 0 Å². The number of amides is 1. The molecule has 0 aromatic heterocycles. The molecule has 2 rings (SSSR count). The number of hydrogen-bond acceptors (Lipinski definition) is 2. The second-order valence-electron chi connectivity index (χ2n) is 5.70. The zero-order valence-corrected chi connectivity index (χ0v) is 12.1. The van der Waals surface area contributed by atoms with Crippen LogP contribution in [0.2, 0.25) is 0 Å². The maximum absolute atomic E-state index is 12.5. The van der Waals surface area contributed by atoms with Crippen LogP contribution in [-0.2, 0) is 11.3 Å². The van der Waals surface area contributed by atoms with E-state index in [1.807, 2.05) is 24.1 Å². The largest absolute Gasteiger partial charge is 0.341 e. The number of nitrogens with one attached hydrogen (secondary N) is 1. The first-order valence-corrected chi connectivity index (χ1v) is 7.11. The average Bonchev–Trinajstić information content (AvgIpc) is 2.40. The van der Waals surface area contributed by atoms with Gasteiger partial charge in [0.1, 0.15) is 0 Å². The highest BCUT2D eigenvalue weighted by Crippen LogP contribution is 2.19. The minimum atomic E-state index is 0.185. The predicted octanol–water partition coefficient (Wildman–Crippen LogP) is 2.34. The van der Waals surface area contributed by atoms with Gasteiger partial charge in [-0.15, -0.1) is 0 Å². The van der Waals surface area contributed by atoms with Crippen molar-refractivity contribution in [2.24, 2.45) is 5.92 Å². The van der Waals surface area contributed by atoms with Crippen molar-refractivity contribution < 1.29 is 4.79 Å². The van der Waals surface area contributed by atoms with E-state index in [0.29, 0.717) is 12.6 Å². The van der Waals surface area contributed by atoms with Crippen molar-refractivity contribution in [1.29, 1.82) is 0 Å². The third kappa shape index (κ3) is 3.57. The summed E-state index contributed by atoms with van der Waals surface area (Å²) in [5.41, 5.74) is 2.49. The lowest BCUT2D eigenvalue weighted by atomic mass is 9.92. The number of carbonyl (C=O) groups excluding carboxylic acids is 1. The summed E-state index contributed by atoms with van der Waals surface area (Å²) < 4.78 is 0. The molecule has 0 saturated carbocycles. The minimum Gasteiger partial charge on any atom is -0.341 e. The Balaban J connectivity index is 1.97. The maximum atomic E-state index is 12.5. The van der Waals surface area contributed by atoms with Crippen LogP contribution in [0.3, 0.4) is 0 Å². The van der Waals surface area contributed by atoms with Crippen molar-refractivity contribution >= 4 is 5.91 Å². The van der Waals surface area contributed by atoms with Crippen LogP contribution >= 0.6 is 0 Å². The van der Waals surface area contributed by atoms with Crippen molar-refractivity contribution in [3.63, 3.8) is 0 Å². The van der Waals surface area contributed by atoms with Gasteiger partial charge in [-0.1, -0.05) is 24.3 Å². The van der Waals surface area contributed by atoms with Crippen LogP contribution in [-0.4, -0.2) is 30.4 Å². The lowest BCUT2D eigenvalue weighted by Gasteiger charge is -2.30. The van der Waals surface area contributed by atoms with Gasteiger partial charge in [-0.25, -0.2) is 0 Å². The molecule has 0 bridgehead atoms. The van der Waals surface area contributed by atoms with Gasteiger partial charge in [-0.3, -0.25) is 4.79 Å². The molecule has 1 aliphatic heterocycles. The molecular weight excluding hydrogens is 236 g/mol. The molecule has 0 radical (unpaired) electrons. The Morgan fingerprint density at radius 2 is 2.16 bits per heavy atom. The second kappa shape index (κ2) is 6.20. The molecule has 3 nitrogen and oxygen atoms in total. The third-order valence-electron chi connectivity index (χ3n) is 4.02. The van der Waals surface area contributed by atoms with Crippen molar-refractivity contribution in [2.45, 2.75) is 39.3 Å². The van der Waals surface area contributed by atoms with Gasteiger partial charge in [0.2, 0.25) is 5.91 Å². The van der Waals surface area contributed by atoms with Crippen LogP contribution in [0, 0.1) is 12.8 Å². The van der Waals surface area contributed by atoms with E-state index in [-0.39, 0.29) is 11.8 Å². The highest BCUT2D eigenvalue weighted by molar-refractivity contribution is 5.78. The third-order valence-corrected chi connectivity index (χ3v) is 4.02. The highest BCUT2D eigenvalue weighted by atomic mass is 16.2. The van der Waals surface area contributed by atoms with Crippen LogP contribution in [0.4, 0.5) is 0 Å². The van der Waals surface area contributed by atoms with Gasteiger partial charge in [-0.2, -0.15) is 0 Å². The van der Waals surface area contributed by atoms with Gasteiger partial charge in [0.05, 0.1) is 0 Å². The lowest BCUT2D eigenvalue weighted by molar-refractivity contribution is -0.135. The quantitative estimate of drug-likeness (QED) is 0.904. The Morgan fingerprint density at radius 3 is 2.84 bits per heavy atom. The molecule has 1 saturated heterocycles. The number of nitrogens with zero attached hydrogens (tertiary/aromatic N) is 1. The van der Waals surface area contributed by atoms with E-state index < -0.39 is 0 Å². The summed E-state index contributed by atoms with van der Waals surface area (Å²) >= 11 is 0. The first kappa shape index (κ1) is 14.1. The molecule has 1 N–H and O–H groups in total. The average molecular weight is 260 g/mol. The number of piperidine rings is 1. The Bertz CT molecular complexity index is 444. The molecule has 0 spiro atoms. The molecule has 1 aliphatic rings. The fourth-order valence-corrected chi connectivity index (χ4v) is 2.79. The van der Waals surface area contributed by atoms with Crippen molar-refractivity contribution in [2.75, 3.05) is 13.6 Å². The molecule has 104 valence electrons. The number of carbonyl (C=O) groups is 1. The Labute approximate surface area is 116 Å². The monoisotopic (exact) mass is 260 g/mol. The topological polar surface area (TPSA) is 32.3 Å². The highest BCUT2D eigenvalue weighted by Gasteiger charge is 2.27. The maximum Gasteiger partial charge on any atom is 0.225 e. The Hall–Kier alpha value is -1.35. The molecule has 2 unspecified atom stereocenters. The van der Waals surface area contributed by atoms with Crippen molar-refractivity contribution in [3.05, 3.63) is 35.4 Å². The SMILES string of the molecule is Cc1ccccc1CN(C)C(=O)C1CCNC(C)C1. The number of aryl methyl sites for hydroxylation is 1. The van der Waals surface area contributed by atoms with E-state index in [4.69, 9.17) is 0 Å². The fourth-order valence-electron chi connectivity index (χ4n) is 2.79. The van der Waals surface area contributed by atoms with Gasteiger partial charge < -0.3 is 10.2 Å². The van der Waals surface area contributed by atoms with Gasteiger partial charge in [0, 0.05) is 25.6 Å². The summed E-state index contributed by atoms with van der Waals surface area (Å²) in [5, 5.41) is 3.39. The predicted molar refractivity (Wildman–Crippen MR) is 77.8 cm³/mol. The van der Waals surface area contributed by atoms with Gasteiger partial charge >= 0.3 is 0 Å². The summed E-state index contributed by atoms with van der Waals surface area (Å²) in [6, 6.07) is 8.72. The first-order chi connectivity index (χ1) is 9.08. The first-order valence-electron chi connectivity index (χ1n) is 7.11. The van der Waals surface area contributed by atoms with E-state index >= 15 is 0 Å². The molecule has 1 aromatic carbocycles. The standard InChI is InChI=1S/C16H24N2O/c1-12-6-4-5-7-15(12)11-18(3)16(19)14-8-9-17-13(2)10-14/h4-7,13-14,17H,8-11H2,1-3H3. The summed E-state index contributed by atoms with van der Waals surface area (Å²) in [6.45, 7) is 5.92. The molecule has 1 amide bonds.